The van der Waals surface area contributed by atoms with Crippen LogP contribution in [0.3, 0.4) is 0 Å². The number of aromatic nitrogens is 2. The molecular weight excluding hydrogens is 278 g/mol. The number of hydrogen-bond donors (Lipinski definition) is 2. The smallest absolute Gasteiger partial charge is 0.204 e. The molecule has 0 aliphatic carbocycles. The highest BCUT2D eigenvalue weighted by Gasteiger charge is 2.44. The second-order valence-corrected chi connectivity index (χ2v) is 6.77. The molecular formula is C17H23N3O2. The number of aliphatic hydroxyl groups is 1. The van der Waals surface area contributed by atoms with Crippen molar-refractivity contribution >= 4 is 17.0 Å². The van der Waals surface area contributed by atoms with Gasteiger partial charge in [-0.25, -0.2) is 4.98 Å². The van der Waals surface area contributed by atoms with Crippen molar-refractivity contribution in [3.63, 3.8) is 0 Å². The quantitative estimate of drug-likeness (QED) is 0.893. The lowest BCUT2D eigenvalue weighted by atomic mass is 9.79. The van der Waals surface area contributed by atoms with Gasteiger partial charge in [-0.05, 0) is 38.3 Å². The summed E-state index contributed by atoms with van der Waals surface area (Å²) in [6.07, 6.45) is 2.93. The van der Waals surface area contributed by atoms with Crippen molar-refractivity contribution in [1.82, 2.24) is 9.97 Å². The van der Waals surface area contributed by atoms with Crippen LogP contribution in [0.25, 0.3) is 11.0 Å². The molecule has 5 nitrogen and oxygen atoms in total. The Morgan fingerprint density at radius 1 is 1.41 bits per heavy atom. The van der Waals surface area contributed by atoms with Crippen LogP contribution >= 0.6 is 0 Å². The van der Waals surface area contributed by atoms with Crippen LogP contribution in [-0.2, 0) is 4.74 Å². The molecule has 2 aliphatic heterocycles. The zero-order chi connectivity index (χ0) is 15.2. The molecule has 3 heterocycles. The maximum absolute atomic E-state index is 10.8. The highest BCUT2D eigenvalue weighted by molar-refractivity contribution is 5.77. The molecule has 4 rings (SSSR count). The number of aromatic amines is 1. The molecule has 3 atom stereocenters. The first-order valence-electron chi connectivity index (χ1n) is 8.17. The Morgan fingerprint density at radius 3 is 3.09 bits per heavy atom. The predicted octanol–water partition coefficient (Wildman–Crippen LogP) is 2.32. The predicted molar refractivity (Wildman–Crippen MR) is 86.0 cm³/mol. The van der Waals surface area contributed by atoms with Gasteiger partial charge >= 0.3 is 0 Å². The first kappa shape index (κ1) is 14.0. The van der Waals surface area contributed by atoms with Gasteiger partial charge in [-0.2, -0.15) is 0 Å². The number of nitrogens with one attached hydrogen (secondary N) is 1. The number of imidazole rings is 1. The Balaban J connectivity index is 1.65. The monoisotopic (exact) mass is 301 g/mol. The minimum absolute atomic E-state index is 0.136. The Kier molecular flexibility index (Phi) is 3.35. The fraction of sp³-hybridized carbons (Fsp3) is 0.588. The molecule has 5 heteroatoms. The lowest BCUT2D eigenvalue weighted by Crippen LogP contribution is -2.52. The molecule has 22 heavy (non-hydrogen) atoms. The largest absolute Gasteiger partial charge is 0.390 e. The Bertz CT molecular complexity index is 634. The number of anilines is 1. The second kappa shape index (κ2) is 5.25. The van der Waals surface area contributed by atoms with Crippen LogP contribution in [-0.4, -0.2) is 46.5 Å². The van der Waals surface area contributed by atoms with Crippen LogP contribution in [0, 0.1) is 5.92 Å². The van der Waals surface area contributed by atoms with Crippen molar-refractivity contribution in [2.24, 2.45) is 5.92 Å². The van der Waals surface area contributed by atoms with Gasteiger partial charge < -0.3 is 19.7 Å². The van der Waals surface area contributed by atoms with Gasteiger partial charge in [0.1, 0.15) is 0 Å². The van der Waals surface area contributed by atoms with Crippen molar-refractivity contribution in [1.29, 1.82) is 0 Å². The van der Waals surface area contributed by atoms with Crippen LogP contribution in [0.1, 0.15) is 26.2 Å². The molecule has 0 saturated carbocycles. The number of para-hydroxylation sites is 2. The van der Waals surface area contributed by atoms with Gasteiger partial charge in [0.25, 0.3) is 0 Å². The maximum atomic E-state index is 10.8. The third kappa shape index (κ3) is 2.29. The zero-order valence-electron chi connectivity index (χ0n) is 13.0. The number of H-pyrrole nitrogens is 1. The molecule has 2 fully saturated rings. The number of fused-ring (bicyclic) bond motifs is 1. The zero-order valence-corrected chi connectivity index (χ0v) is 13.0. The Hall–Kier alpha value is -1.59. The van der Waals surface area contributed by atoms with Crippen LogP contribution < -0.4 is 4.90 Å². The molecule has 118 valence electrons. The summed E-state index contributed by atoms with van der Waals surface area (Å²) in [5.74, 6) is 1.06. The number of hydrogen-bond acceptors (Lipinski definition) is 4. The molecule has 2 aromatic rings. The molecule has 2 saturated heterocycles. The minimum Gasteiger partial charge on any atom is -0.390 e. The topological polar surface area (TPSA) is 61.4 Å². The molecule has 0 radical (unpaired) electrons. The summed E-state index contributed by atoms with van der Waals surface area (Å²) in [6.45, 7) is 4.22. The number of ether oxygens (including phenoxy) is 1. The molecule has 2 aliphatic rings. The van der Waals surface area contributed by atoms with Crippen molar-refractivity contribution in [2.75, 3.05) is 24.7 Å². The lowest BCUT2D eigenvalue weighted by molar-refractivity contribution is -0.108. The highest BCUT2D eigenvalue weighted by atomic mass is 16.5. The standard InChI is InChI=1S/C17H23N3O2/c1-17(21)8-10-22-11-12(17)15-7-4-9-20(15)16-18-13-5-2-3-6-14(13)19-16/h2-3,5-6,12,15,21H,4,7-11H2,1H3,(H,18,19)/t12-,15-,17+/m1/s1. The average molecular weight is 301 g/mol. The van der Waals surface area contributed by atoms with E-state index in [1.54, 1.807) is 0 Å². The average Bonchev–Trinajstić information content (AvgIpc) is 3.12. The first-order chi connectivity index (χ1) is 10.6. The third-order valence-corrected chi connectivity index (χ3v) is 5.26. The first-order valence-corrected chi connectivity index (χ1v) is 8.17. The minimum atomic E-state index is -0.655. The van der Waals surface area contributed by atoms with Crippen LogP contribution in [0.2, 0.25) is 0 Å². The summed E-state index contributed by atoms with van der Waals surface area (Å²) in [7, 11) is 0. The van der Waals surface area contributed by atoms with Crippen LogP contribution in [0.4, 0.5) is 5.95 Å². The highest BCUT2D eigenvalue weighted by Crippen LogP contribution is 2.37. The molecule has 1 aromatic heterocycles. The normalized spacial score (nSPS) is 32.7. The number of nitrogens with zero attached hydrogens (tertiary/aromatic N) is 2. The van der Waals surface area contributed by atoms with Crippen molar-refractivity contribution in [3.05, 3.63) is 24.3 Å². The van der Waals surface area contributed by atoms with Crippen LogP contribution in [0.15, 0.2) is 24.3 Å². The van der Waals surface area contributed by atoms with Crippen molar-refractivity contribution < 1.29 is 9.84 Å². The third-order valence-electron chi connectivity index (χ3n) is 5.26. The molecule has 0 bridgehead atoms. The fourth-order valence-electron chi connectivity index (χ4n) is 3.93. The van der Waals surface area contributed by atoms with Gasteiger partial charge in [0.2, 0.25) is 5.95 Å². The van der Waals surface area contributed by atoms with E-state index < -0.39 is 5.60 Å². The van der Waals surface area contributed by atoms with E-state index in [-0.39, 0.29) is 12.0 Å². The number of benzene rings is 1. The fourth-order valence-corrected chi connectivity index (χ4v) is 3.93. The van der Waals surface area contributed by atoms with E-state index >= 15 is 0 Å². The van der Waals surface area contributed by atoms with E-state index in [4.69, 9.17) is 9.72 Å². The lowest BCUT2D eigenvalue weighted by Gasteiger charge is -2.43. The summed E-state index contributed by atoms with van der Waals surface area (Å²) in [5, 5.41) is 10.8. The van der Waals surface area contributed by atoms with Gasteiger partial charge in [0.15, 0.2) is 0 Å². The number of rotatable bonds is 2. The Morgan fingerprint density at radius 2 is 2.27 bits per heavy atom. The van der Waals surface area contributed by atoms with E-state index in [2.05, 4.69) is 16.0 Å². The summed E-state index contributed by atoms with van der Waals surface area (Å²) < 4.78 is 5.66. The molecule has 2 N–H and O–H groups in total. The summed E-state index contributed by atoms with van der Waals surface area (Å²) in [6, 6.07) is 8.40. The maximum Gasteiger partial charge on any atom is 0.204 e. The molecule has 0 amide bonds. The van der Waals surface area contributed by atoms with E-state index in [0.29, 0.717) is 19.6 Å². The van der Waals surface area contributed by atoms with Gasteiger partial charge in [-0.3, -0.25) is 0 Å². The van der Waals surface area contributed by atoms with Crippen LogP contribution in [0.5, 0.6) is 0 Å². The SMILES string of the molecule is C[C@]1(O)CCOC[C@@H]1[C@H]1CCCN1c1nc2ccccc2[nH]1. The molecule has 0 spiro atoms. The summed E-state index contributed by atoms with van der Waals surface area (Å²) in [5.41, 5.74) is 1.40. The van der Waals surface area contributed by atoms with Crippen molar-refractivity contribution in [2.45, 2.75) is 37.8 Å². The summed E-state index contributed by atoms with van der Waals surface area (Å²) >= 11 is 0. The van der Waals surface area contributed by atoms with Gasteiger partial charge in [0.05, 0.1) is 23.2 Å². The van der Waals surface area contributed by atoms with Gasteiger partial charge in [0, 0.05) is 25.1 Å². The van der Waals surface area contributed by atoms with Gasteiger partial charge in [-0.1, -0.05) is 12.1 Å². The van der Waals surface area contributed by atoms with E-state index in [0.717, 1.165) is 36.4 Å². The molecule has 1 aromatic carbocycles. The molecule has 0 unspecified atom stereocenters. The Labute approximate surface area is 130 Å². The summed E-state index contributed by atoms with van der Waals surface area (Å²) in [4.78, 5) is 10.5. The van der Waals surface area contributed by atoms with E-state index in [1.165, 1.54) is 0 Å². The van der Waals surface area contributed by atoms with Crippen molar-refractivity contribution in [3.8, 4) is 0 Å². The second-order valence-electron chi connectivity index (χ2n) is 6.77. The van der Waals surface area contributed by atoms with E-state index in [9.17, 15) is 5.11 Å². The van der Waals surface area contributed by atoms with Gasteiger partial charge in [-0.15, -0.1) is 0 Å². The van der Waals surface area contributed by atoms with E-state index in [1.807, 2.05) is 25.1 Å².